The lowest BCUT2D eigenvalue weighted by Crippen LogP contribution is -2.30. The number of aliphatic hydroxyl groups is 1. The Kier molecular flexibility index (Phi) is 72.1. The van der Waals surface area contributed by atoms with Crippen molar-refractivity contribution in [2.75, 3.05) is 39.6 Å². The Morgan fingerprint density at radius 3 is 0.770 bits per heavy atom. The summed E-state index contributed by atoms with van der Waals surface area (Å²) in [6.45, 7) is 4.90. The van der Waals surface area contributed by atoms with E-state index in [1.807, 2.05) is 0 Å². The fourth-order valence-corrected chi connectivity index (χ4v) is 13.1. The van der Waals surface area contributed by atoms with Crippen LogP contribution in [0.25, 0.3) is 0 Å². The quantitative estimate of drug-likeness (QED) is 0.0169. The molecule has 0 aromatic heterocycles. The molecule has 0 aliphatic heterocycles. The number of carbonyl (C=O) groups excluding carboxylic acids is 4. The molecular formula is C81H150O17P2. The van der Waals surface area contributed by atoms with Crippen LogP contribution in [0.4, 0.5) is 0 Å². The van der Waals surface area contributed by atoms with Gasteiger partial charge in [0.25, 0.3) is 0 Å². The summed E-state index contributed by atoms with van der Waals surface area (Å²) >= 11 is 0. The second kappa shape index (κ2) is 74.3. The predicted octanol–water partition coefficient (Wildman–Crippen LogP) is 23.7. The summed E-state index contributed by atoms with van der Waals surface area (Å²) in [7, 11) is -9.94. The van der Waals surface area contributed by atoms with Gasteiger partial charge in [-0.05, 0) is 109 Å². The van der Waals surface area contributed by atoms with E-state index in [0.717, 1.165) is 141 Å². The van der Waals surface area contributed by atoms with Gasteiger partial charge < -0.3 is 33.8 Å². The highest BCUT2D eigenvalue weighted by atomic mass is 31.2. The Morgan fingerprint density at radius 2 is 0.490 bits per heavy atom. The number of esters is 4. The predicted molar refractivity (Wildman–Crippen MR) is 409 cm³/mol. The first kappa shape index (κ1) is 97.0. The normalized spacial score (nSPS) is 14.1. The minimum Gasteiger partial charge on any atom is -0.462 e. The number of aliphatic hydroxyl groups excluding tert-OH is 1. The van der Waals surface area contributed by atoms with Gasteiger partial charge in [0.15, 0.2) is 12.2 Å². The topological polar surface area (TPSA) is 237 Å². The van der Waals surface area contributed by atoms with Gasteiger partial charge in [-0.25, -0.2) is 9.13 Å². The SMILES string of the molecule is CCCCC/C=C\C/C=C\CCCCCCCC(=O)O[C@H](COC(=O)CCCCCCC/C=C\CCCCCCCC)COP(=O)(O)OC[C@@H](O)COP(=O)(O)OC[C@@H](COC(=O)CCCCCCCCCCCCCCCCC)OC(=O)CCCCCCC/C=C\CCCCCCCC. The van der Waals surface area contributed by atoms with Gasteiger partial charge in [-0.15, -0.1) is 0 Å². The Bertz CT molecular complexity index is 2080. The smallest absolute Gasteiger partial charge is 0.462 e. The van der Waals surface area contributed by atoms with E-state index < -0.39 is 97.5 Å². The molecule has 0 saturated heterocycles. The van der Waals surface area contributed by atoms with Crippen LogP contribution in [-0.4, -0.2) is 96.7 Å². The largest absolute Gasteiger partial charge is 0.472 e. The van der Waals surface area contributed by atoms with Gasteiger partial charge in [-0.2, -0.15) is 0 Å². The van der Waals surface area contributed by atoms with Gasteiger partial charge >= 0.3 is 39.5 Å². The highest BCUT2D eigenvalue weighted by Crippen LogP contribution is 2.45. The second-order valence-electron chi connectivity index (χ2n) is 27.7. The molecule has 0 spiro atoms. The van der Waals surface area contributed by atoms with Gasteiger partial charge in [-0.1, -0.05) is 301 Å². The van der Waals surface area contributed by atoms with Crippen LogP contribution in [0.3, 0.4) is 0 Å². The molecule has 586 valence electrons. The van der Waals surface area contributed by atoms with Crippen molar-refractivity contribution in [3.05, 3.63) is 48.6 Å². The van der Waals surface area contributed by atoms with Gasteiger partial charge in [-0.3, -0.25) is 37.3 Å². The van der Waals surface area contributed by atoms with Crippen molar-refractivity contribution >= 4 is 39.5 Å². The molecule has 3 N–H and O–H groups in total. The average Bonchev–Trinajstić information content (AvgIpc) is 1.25. The highest BCUT2D eigenvalue weighted by Gasteiger charge is 2.30. The van der Waals surface area contributed by atoms with E-state index in [0.29, 0.717) is 25.7 Å². The molecule has 100 heavy (non-hydrogen) atoms. The number of carbonyl (C=O) groups is 4. The monoisotopic (exact) mass is 1460 g/mol. The number of ether oxygens (including phenoxy) is 4. The molecule has 19 heteroatoms. The van der Waals surface area contributed by atoms with E-state index in [4.69, 9.17) is 37.0 Å². The Balaban J connectivity index is 5.34. The van der Waals surface area contributed by atoms with E-state index in [1.54, 1.807) is 0 Å². The molecule has 0 aromatic rings. The fourth-order valence-electron chi connectivity index (χ4n) is 11.5. The third-order valence-corrected chi connectivity index (χ3v) is 19.7. The van der Waals surface area contributed by atoms with E-state index in [9.17, 15) is 43.2 Å². The molecule has 0 rings (SSSR count). The van der Waals surface area contributed by atoms with Crippen LogP contribution in [-0.2, 0) is 65.4 Å². The first-order chi connectivity index (χ1) is 48.7. The van der Waals surface area contributed by atoms with Crippen LogP contribution in [0.2, 0.25) is 0 Å². The molecule has 0 aliphatic rings. The molecule has 0 aliphatic carbocycles. The van der Waals surface area contributed by atoms with Gasteiger partial charge in [0.05, 0.1) is 26.4 Å². The molecule has 0 amide bonds. The minimum atomic E-state index is -4.97. The van der Waals surface area contributed by atoms with E-state index in [-0.39, 0.29) is 25.7 Å². The second-order valence-corrected chi connectivity index (χ2v) is 30.6. The molecular weight excluding hydrogens is 1310 g/mol. The maximum absolute atomic E-state index is 13.1. The molecule has 0 aromatic carbocycles. The molecule has 0 fully saturated rings. The third kappa shape index (κ3) is 73.3. The van der Waals surface area contributed by atoms with Crippen molar-refractivity contribution in [3.63, 3.8) is 0 Å². The van der Waals surface area contributed by atoms with Gasteiger partial charge in [0, 0.05) is 25.7 Å². The van der Waals surface area contributed by atoms with Crippen molar-refractivity contribution in [2.45, 2.75) is 406 Å². The van der Waals surface area contributed by atoms with Crippen molar-refractivity contribution in [1.29, 1.82) is 0 Å². The fraction of sp³-hybridized carbons (Fsp3) is 0.852. The van der Waals surface area contributed by atoms with Crippen molar-refractivity contribution < 1.29 is 80.2 Å². The number of hydrogen-bond acceptors (Lipinski definition) is 15. The van der Waals surface area contributed by atoms with Gasteiger partial charge in [0.2, 0.25) is 0 Å². The summed E-state index contributed by atoms with van der Waals surface area (Å²) in [5.74, 6) is -2.17. The maximum Gasteiger partial charge on any atom is 0.472 e. The summed E-state index contributed by atoms with van der Waals surface area (Å²) in [6.07, 6.45) is 72.2. The lowest BCUT2D eigenvalue weighted by molar-refractivity contribution is -0.161. The molecule has 2 unspecified atom stereocenters. The minimum absolute atomic E-state index is 0.0821. The van der Waals surface area contributed by atoms with Crippen LogP contribution >= 0.6 is 15.6 Å². The zero-order valence-electron chi connectivity index (χ0n) is 64.1. The lowest BCUT2D eigenvalue weighted by Gasteiger charge is -2.21. The van der Waals surface area contributed by atoms with Crippen molar-refractivity contribution in [1.82, 2.24) is 0 Å². The van der Waals surface area contributed by atoms with E-state index >= 15 is 0 Å². The molecule has 17 nitrogen and oxygen atoms in total. The number of unbranched alkanes of at least 4 members (excludes halogenated alkanes) is 44. The van der Waals surface area contributed by atoms with Gasteiger partial charge in [0.1, 0.15) is 19.3 Å². The van der Waals surface area contributed by atoms with Crippen LogP contribution < -0.4 is 0 Å². The standard InChI is InChI=1S/C81H150O17P2/c1-5-9-13-17-21-25-29-33-37-41-45-49-53-57-61-65-78(83)91-71-76(97-80(85)67-63-59-55-51-47-43-39-35-31-27-23-19-15-11-7-3)73-95-99(87,88)93-69-75(82)70-94-100(89,90)96-74-77(98-81(86)68-64-60-56-52-48-44-40-36-32-28-24-20-16-12-8-4)72-92-79(84)66-62-58-54-50-46-42-38-34-30-26-22-18-14-10-6-2/h23,27,33,35-37,39-40,75-77,82H,5-22,24-26,28-32,34,38,41-74H2,1-4H3,(H,87,88)(H,89,90)/b27-23-,37-33-,39-35-,40-36-/t75-,76-,77-/m1/s1. The molecule has 0 bridgehead atoms. The van der Waals surface area contributed by atoms with Crippen LogP contribution in [0, 0.1) is 0 Å². The Hall–Kier alpha value is -2.98. The summed E-state index contributed by atoms with van der Waals surface area (Å²) < 4.78 is 68.6. The van der Waals surface area contributed by atoms with Crippen LogP contribution in [0.5, 0.6) is 0 Å². The third-order valence-electron chi connectivity index (χ3n) is 17.8. The summed E-state index contributed by atoms with van der Waals surface area (Å²) in [5.41, 5.74) is 0. The molecule has 0 saturated carbocycles. The van der Waals surface area contributed by atoms with Crippen molar-refractivity contribution in [3.8, 4) is 0 Å². The summed E-state index contributed by atoms with van der Waals surface area (Å²) in [4.78, 5) is 73.0. The zero-order valence-corrected chi connectivity index (χ0v) is 65.9. The number of allylic oxidation sites excluding steroid dienone is 8. The number of phosphoric ester groups is 2. The Labute approximate surface area is 610 Å². The molecule has 0 heterocycles. The lowest BCUT2D eigenvalue weighted by atomic mass is 10.0. The van der Waals surface area contributed by atoms with E-state index in [2.05, 4.69) is 76.3 Å². The first-order valence-corrected chi connectivity index (χ1v) is 43.9. The first-order valence-electron chi connectivity index (χ1n) is 40.9. The number of phosphoric acid groups is 2. The molecule has 0 radical (unpaired) electrons. The zero-order chi connectivity index (χ0) is 73.2. The molecule has 5 atom stereocenters. The highest BCUT2D eigenvalue weighted by molar-refractivity contribution is 7.47. The Morgan fingerprint density at radius 1 is 0.280 bits per heavy atom. The van der Waals surface area contributed by atoms with Crippen molar-refractivity contribution in [2.24, 2.45) is 0 Å². The van der Waals surface area contributed by atoms with E-state index in [1.165, 1.54) is 167 Å². The maximum atomic E-state index is 13.1. The van der Waals surface area contributed by atoms with Crippen LogP contribution in [0.1, 0.15) is 387 Å². The average molecular weight is 1460 g/mol. The number of hydrogen-bond donors (Lipinski definition) is 3. The van der Waals surface area contributed by atoms with Crippen LogP contribution in [0.15, 0.2) is 48.6 Å². The summed E-state index contributed by atoms with van der Waals surface area (Å²) in [5, 5.41) is 10.6. The number of rotatable bonds is 78. The summed E-state index contributed by atoms with van der Waals surface area (Å²) in [6, 6.07) is 0.